The summed E-state index contributed by atoms with van der Waals surface area (Å²) in [4.78, 5) is 21.4. The average molecular weight is 371 g/mol. The Balaban J connectivity index is 1.46. The first-order valence-corrected chi connectivity index (χ1v) is 9.41. The van der Waals surface area contributed by atoms with Gasteiger partial charge < -0.3 is 4.90 Å². The van der Waals surface area contributed by atoms with Crippen LogP contribution in [0, 0.1) is 17.0 Å². The van der Waals surface area contributed by atoms with E-state index in [1.165, 1.54) is 6.07 Å². The van der Waals surface area contributed by atoms with Crippen molar-refractivity contribution in [3.63, 3.8) is 0 Å². The predicted molar refractivity (Wildman–Crippen MR) is 97.6 cm³/mol. The van der Waals surface area contributed by atoms with Crippen molar-refractivity contribution in [1.29, 1.82) is 0 Å². The molecule has 27 heavy (non-hydrogen) atoms. The van der Waals surface area contributed by atoms with Crippen molar-refractivity contribution in [2.24, 2.45) is 5.41 Å². The van der Waals surface area contributed by atoms with Crippen molar-refractivity contribution in [2.45, 2.75) is 32.4 Å². The van der Waals surface area contributed by atoms with Crippen LogP contribution in [0.5, 0.6) is 0 Å². The van der Waals surface area contributed by atoms with Gasteiger partial charge in [-0.15, -0.1) is 0 Å². The summed E-state index contributed by atoms with van der Waals surface area (Å²) in [6.45, 7) is 3.08. The molecule has 4 rings (SSSR count). The molecule has 0 radical (unpaired) electrons. The van der Waals surface area contributed by atoms with Crippen molar-refractivity contribution in [2.75, 3.05) is 19.6 Å². The van der Waals surface area contributed by atoms with Crippen LogP contribution in [-0.4, -0.2) is 40.3 Å². The standard InChI is InChI=1S/C21H23F2N3O/c22-18-6-1-5-17(19(18)23)14-26-10-3-7-21(20(26)27)8-11-25(15-21)13-16-4-2-9-24-12-16/h1-2,4-6,9,12H,3,7-8,10-11,13-15H2/t21-/m0/s1. The molecule has 2 aromatic rings. The van der Waals surface area contributed by atoms with E-state index in [1.807, 2.05) is 18.3 Å². The molecular formula is C21H23F2N3O. The van der Waals surface area contributed by atoms with Gasteiger partial charge in [-0.05, 0) is 43.5 Å². The molecule has 1 aromatic carbocycles. The topological polar surface area (TPSA) is 36.4 Å². The fraction of sp³-hybridized carbons (Fsp3) is 0.429. The summed E-state index contributed by atoms with van der Waals surface area (Å²) >= 11 is 0. The first-order valence-electron chi connectivity index (χ1n) is 9.41. The SMILES string of the molecule is O=C1N(Cc2cccc(F)c2F)CCC[C@@]12CCN(Cc1cccnc1)C2. The van der Waals surface area contributed by atoms with Crippen LogP contribution < -0.4 is 0 Å². The number of carbonyl (C=O) groups is 1. The van der Waals surface area contributed by atoms with E-state index < -0.39 is 17.0 Å². The molecule has 2 saturated heterocycles. The van der Waals surface area contributed by atoms with Crippen LogP contribution in [0.2, 0.25) is 0 Å². The maximum Gasteiger partial charge on any atom is 0.230 e. The summed E-state index contributed by atoms with van der Waals surface area (Å²) < 4.78 is 27.5. The normalized spacial score (nSPS) is 23.3. The quantitative estimate of drug-likeness (QED) is 0.827. The van der Waals surface area contributed by atoms with Gasteiger partial charge in [0.2, 0.25) is 5.91 Å². The lowest BCUT2D eigenvalue weighted by molar-refractivity contribution is -0.146. The van der Waals surface area contributed by atoms with E-state index in [1.54, 1.807) is 17.2 Å². The van der Waals surface area contributed by atoms with Crippen LogP contribution in [0.4, 0.5) is 8.78 Å². The minimum absolute atomic E-state index is 0.0751. The second-order valence-corrected chi connectivity index (χ2v) is 7.65. The third-order valence-electron chi connectivity index (χ3n) is 5.78. The fourth-order valence-corrected chi connectivity index (χ4v) is 4.40. The van der Waals surface area contributed by atoms with E-state index >= 15 is 0 Å². The van der Waals surface area contributed by atoms with E-state index in [0.29, 0.717) is 13.1 Å². The van der Waals surface area contributed by atoms with E-state index in [2.05, 4.69) is 9.88 Å². The van der Waals surface area contributed by atoms with Gasteiger partial charge in [-0.2, -0.15) is 0 Å². The Bertz CT molecular complexity index is 829. The Morgan fingerprint density at radius 1 is 1.07 bits per heavy atom. The molecule has 0 saturated carbocycles. The van der Waals surface area contributed by atoms with Gasteiger partial charge in [-0.1, -0.05) is 18.2 Å². The Morgan fingerprint density at radius 3 is 2.78 bits per heavy atom. The molecule has 142 valence electrons. The lowest BCUT2D eigenvalue weighted by atomic mass is 9.78. The van der Waals surface area contributed by atoms with E-state index in [9.17, 15) is 13.6 Å². The minimum Gasteiger partial charge on any atom is -0.338 e. The van der Waals surface area contributed by atoms with Gasteiger partial charge in [-0.25, -0.2) is 8.78 Å². The van der Waals surface area contributed by atoms with Crippen LogP contribution in [0.1, 0.15) is 30.4 Å². The molecule has 0 aliphatic carbocycles. The van der Waals surface area contributed by atoms with Crippen LogP contribution in [-0.2, 0) is 17.9 Å². The van der Waals surface area contributed by atoms with Gasteiger partial charge in [0.15, 0.2) is 11.6 Å². The molecule has 1 spiro atoms. The molecular weight excluding hydrogens is 348 g/mol. The number of benzene rings is 1. The smallest absolute Gasteiger partial charge is 0.230 e. The average Bonchev–Trinajstić information content (AvgIpc) is 3.07. The van der Waals surface area contributed by atoms with E-state index in [0.717, 1.165) is 44.0 Å². The number of carbonyl (C=O) groups excluding carboxylic acids is 1. The first-order chi connectivity index (χ1) is 13.1. The number of halogens is 2. The van der Waals surface area contributed by atoms with Crippen molar-refractivity contribution < 1.29 is 13.6 Å². The fourth-order valence-electron chi connectivity index (χ4n) is 4.40. The van der Waals surface area contributed by atoms with Crippen molar-refractivity contribution in [1.82, 2.24) is 14.8 Å². The number of nitrogens with zero attached hydrogens (tertiary/aromatic N) is 3. The molecule has 0 bridgehead atoms. The van der Waals surface area contributed by atoms with Crippen molar-refractivity contribution in [3.05, 3.63) is 65.5 Å². The summed E-state index contributed by atoms with van der Waals surface area (Å²) in [5.74, 6) is -1.64. The van der Waals surface area contributed by atoms with Crippen LogP contribution in [0.15, 0.2) is 42.7 Å². The van der Waals surface area contributed by atoms with Gasteiger partial charge in [0.25, 0.3) is 0 Å². The highest BCUT2D eigenvalue weighted by Gasteiger charge is 2.48. The zero-order chi connectivity index (χ0) is 18.9. The zero-order valence-corrected chi connectivity index (χ0v) is 15.2. The van der Waals surface area contributed by atoms with Crippen molar-refractivity contribution in [3.8, 4) is 0 Å². The predicted octanol–water partition coefficient (Wildman–Crippen LogP) is 3.37. The number of aromatic nitrogens is 1. The third kappa shape index (κ3) is 3.58. The summed E-state index contributed by atoms with van der Waals surface area (Å²) in [5.41, 5.74) is 0.978. The highest BCUT2D eigenvalue weighted by Crippen LogP contribution is 2.41. The number of likely N-dealkylation sites (tertiary alicyclic amines) is 2. The number of piperidine rings is 1. The number of amides is 1. The van der Waals surface area contributed by atoms with Crippen LogP contribution in [0.3, 0.4) is 0 Å². The molecule has 1 aromatic heterocycles. The number of rotatable bonds is 4. The van der Waals surface area contributed by atoms with Gasteiger partial charge in [-0.3, -0.25) is 14.7 Å². The third-order valence-corrected chi connectivity index (χ3v) is 5.78. The second-order valence-electron chi connectivity index (χ2n) is 7.65. The van der Waals surface area contributed by atoms with Gasteiger partial charge in [0, 0.05) is 44.1 Å². The number of hydrogen-bond acceptors (Lipinski definition) is 3. The van der Waals surface area contributed by atoms with Crippen molar-refractivity contribution >= 4 is 5.91 Å². The molecule has 6 heteroatoms. The molecule has 2 aliphatic rings. The largest absolute Gasteiger partial charge is 0.338 e. The molecule has 2 aliphatic heterocycles. The lowest BCUT2D eigenvalue weighted by Crippen LogP contribution is -2.49. The Kier molecular flexibility index (Phi) is 4.91. The van der Waals surface area contributed by atoms with Gasteiger partial charge in [0.1, 0.15) is 0 Å². The highest BCUT2D eigenvalue weighted by molar-refractivity contribution is 5.84. The molecule has 0 N–H and O–H groups in total. The Labute approximate surface area is 157 Å². The molecule has 1 atom stereocenters. The summed E-state index contributed by atoms with van der Waals surface area (Å²) in [7, 11) is 0. The van der Waals surface area contributed by atoms with Gasteiger partial charge >= 0.3 is 0 Å². The number of hydrogen-bond donors (Lipinski definition) is 0. The molecule has 1 amide bonds. The van der Waals surface area contributed by atoms with Crippen LogP contribution >= 0.6 is 0 Å². The summed E-state index contributed by atoms with van der Waals surface area (Å²) in [5, 5.41) is 0. The van der Waals surface area contributed by atoms with Gasteiger partial charge in [0.05, 0.1) is 5.41 Å². The Hall–Kier alpha value is -2.34. The number of pyridine rings is 1. The monoisotopic (exact) mass is 371 g/mol. The first kappa shape index (κ1) is 18.0. The minimum atomic E-state index is -0.866. The molecule has 3 heterocycles. The summed E-state index contributed by atoms with van der Waals surface area (Å²) in [6, 6.07) is 8.10. The summed E-state index contributed by atoms with van der Waals surface area (Å²) in [6.07, 6.45) is 6.17. The van der Waals surface area contributed by atoms with E-state index in [4.69, 9.17) is 0 Å². The molecule has 4 nitrogen and oxygen atoms in total. The highest BCUT2D eigenvalue weighted by atomic mass is 19.2. The maximum atomic E-state index is 14.0. The van der Waals surface area contributed by atoms with Crippen LogP contribution in [0.25, 0.3) is 0 Å². The molecule has 2 fully saturated rings. The Morgan fingerprint density at radius 2 is 1.96 bits per heavy atom. The van der Waals surface area contributed by atoms with E-state index in [-0.39, 0.29) is 18.0 Å². The maximum absolute atomic E-state index is 14.0. The zero-order valence-electron chi connectivity index (χ0n) is 15.2. The molecule has 0 unspecified atom stereocenters. The second kappa shape index (κ2) is 7.35. The lowest BCUT2D eigenvalue weighted by Gasteiger charge is -2.39.